The molecule has 0 fully saturated rings. The highest BCUT2D eigenvalue weighted by atomic mass is 16.3. The number of para-hydroxylation sites is 1. The zero-order valence-corrected chi connectivity index (χ0v) is 34.3. The Kier molecular flexibility index (Phi) is 10.0. The summed E-state index contributed by atoms with van der Waals surface area (Å²) in [5.74, 6) is 2.20. The van der Waals surface area contributed by atoms with E-state index in [0.29, 0.717) is 5.92 Å². The molecule has 4 atom stereocenters. The van der Waals surface area contributed by atoms with E-state index in [4.69, 9.17) is 9.41 Å². The fraction of sp³-hybridized carbons (Fsp3) is 0.105. The van der Waals surface area contributed by atoms with Crippen molar-refractivity contribution in [3.63, 3.8) is 0 Å². The van der Waals surface area contributed by atoms with E-state index >= 15 is 0 Å². The number of hydrogen-bond donors (Lipinski definition) is 2. The fourth-order valence-electron chi connectivity index (χ4n) is 9.34. The second-order valence-corrected chi connectivity index (χ2v) is 16.3. The lowest BCUT2D eigenvalue weighted by Gasteiger charge is -2.34. The van der Waals surface area contributed by atoms with Crippen molar-refractivity contribution in [2.75, 3.05) is 4.90 Å². The zero-order chi connectivity index (χ0) is 41.2. The van der Waals surface area contributed by atoms with Gasteiger partial charge < -0.3 is 14.6 Å². The van der Waals surface area contributed by atoms with Crippen molar-refractivity contribution in [1.82, 2.24) is 10.6 Å². The first kappa shape index (κ1) is 37.5. The number of fused-ring (bicyclic) bond motifs is 3. The normalized spacial score (nSPS) is 19.3. The third kappa shape index (κ3) is 7.37. The van der Waals surface area contributed by atoms with Crippen LogP contribution in [-0.2, 0) is 6.42 Å². The number of aliphatic imine (C=N–C) groups is 1. The molecule has 300 valence electrons. The first-order chi connectivity index (χ1) is 30.7. The molecular weight excluding hydrogens is 757 g/mol. The van der Waals surface area contributed by atoms with Gasteiger partial charge in [0.15, 0.2) is 0 Å². The van der Waals surface area contributed by atoms with Crippen LogP contribution in [0.15, 0.2) is 227 Å². The molecule has 3 aliphatic rings. The quantitative estimate of drug-likeness (QED) is 0.153. The average Bonchev–Trinajstić information content (AvgIpc) is 3.74. The Balaban J connectivity index is 0.900. The molecule has 62 heavy (non-hydrogen) atoms. The van der Waals surface area contributed by atoms with E-state index < -0.39 is 0 Å². The molecule has 0 saturated heterocycles. The van der Waals surface area contributed by atoms with Gasteiger partial charge in [0.2, 0.25) is 0 Å². The van der Waals surface area contributed by atoms with Crippen LogP contribution >= 0.6 is 0 Å². The Labute approximate surface area is 363 Å². The summed E-state index contributed by atoms with van der Waals surface area (Å²) in [7, 11) is 0. The molecule has 1 aliphatic heterocycles. The fourth-order valence-corrected chi connectivity index (χ4v) is 9.34. The van der Waals surface area contributed by atoms with Crippen molar-refractivity contribution in [2.45, 2.75) is 37.1 Å². The van der Waals surface area contributed by atoms with Gasteiger partial charge in [0.25, 0.3) is 0 Å². The Morgan fingerprint density at radius 1 is 0.581 bits per heavy atom. The molecule has 2 heterocycles. The molecule has 0 radical (unpaired) electrons. The average molecular weight is 803 g/mol. The second kappa shape index (κ2) is 16.5. The van der Waals surface area contributed by atoms with Crippen LogP contribution < -0.4 is 15.5 Å². The number of hydrogen-bond acceptors (Lipinski definition) is 5. The highest BCUT2D eigenvalue weighted by molar-refractivity contribution is 6.03. The van der Waals surface area contributed by atoms with Gasteiger partial charge in [-0.15, -0.1) is 0 Å². The van der Waals surface area contributed by atoms with Crippen LogP contribution in [-0.4, -0.2) is 18.0 Å². The number of nitrogens with one attached hydrogen (secondary N) is 2. The molecule has 0 bridgehead atoms. The Hall–Kier alpha value is -7.47. The van der Waals surface area contributed by atoms with Gasteiger partial charge in [-0.3, -0.25) is 5.32 Å². The number of rotatable bonds is 9. The predicted molar refractivity (Wildman–Crippen MR) is 255 cm³/mol. The first-order valence-corrected chi connectivity index (χ1v) is 21.6. The minimum absolute atomic E-state index is 0.0603. The third-order valence-electron chi connectivity index (χ3n) is 12.4. The summed E-state index contributed by atoms with van der Waals surface area (Å²) in [5, 5.41) is 8.72. The first-order valence-electron chi connectivity index (χ1n) is 21.6. The van der Waals surface area contributed by atoms with Crippen LogP contribution in [0.3, 0.4) is 0 Å². The minimum Gasteiger partial charge on any atom is -0.460 e. The molecule has 4 unspecified atom stereocenters. The van der Waals surface area contributed by atoms with Crippen molar-refractivity contribution in [1.29, 1.82) is 0 Å². The molecule has 8 aromatic rings. The maximum absolute atomic E-state index is 6.75. The molecule has 2 N–H and O–H groups in total. The van der Waals surface area contributed by atoms with Crippen molar-refractivity contribution in [2.24, 2.45) is 4.99 Å². The molecule has 11 rings (SSSR count). The van der Waals surface area contributed by atoms with Crippen molar-refractivity contribution in [3.05, 3.63) is 246 Å². The number of amidine groups is 1. The molecule has 7 aromatic carbocycles. The molecule has 5 nitrogen and oxygen atoms in total. The SMILES string of the molecule is C1=CC(C2NC(c3ccc(-c4cccc5oc6c(c45)C=CC(N(c4ccccc4)c4cccc(-c5ccccc5)c4)C6)cc3)=NC(c3ccccc3)N2)=CC(c2ccccc2)C1. The van der Waals surface area contributed by atoms with Crippen LogP contribution in [0, 0.1) is 0 Å². The number of furan rings is 1. The Morgan fingerprint density at radius 3 is 2.02 bits per heavy atom. The molecular formula is C57H46N4O. The zero-order valence-electron chi connectivity index (χ0n) is 34.3. The van der Waals surface area contributed by atoms with Gasteiger partial charge in [-0.1, -0.05) is 188 Å². The summed E-state index contributed by atoms with van der Waals surface area (Å²) in [6.07, 6.45) is 13.0. The largest absolute Gasteiger partial charge is 0.460 e. The summed E-state index contributed by atoms with van der Waals surface area (Å²) >= 11 is 0. The number of anilines is 2. The smallest absolute Gasteiger partial charge is 0.135 e. The van der Waals surface area contributed by atoms with Crippen molar-refractivity contribution < 1.29 is 4.42 Å². The van der Waals surface area contributed by atoms with Gasteiger partial charge in [-0.25, -0.2) is 4.99 Å². The topological polar surface area (TPSA) is 52.8 Å². The van der Waals surface area contributed by atoms with E-state index in [0.717, 1.165) is 74.6 Å². The van der Waals surface area contributed by atoms with Crippen LogP contribution in [0.4, 0.5) is 11.4 Å². The highest BCUT2D eigenvalue weighted by Crippen LogP contribution is 2.41. The van der Waals surface area contributed by atoms with Gasteiger partial charge in [0.1, 0.15) is 29.5 Å². The lowest BCUT2D eigenvalue weighted by molar-refractivity contribution is 0.439. The lowest BCUT2D eigenvalue weighted by Crippen LogP contribution is -2.52. The molecule has 0 amide bonds. The van der Waals surface area contributed by atoms with E-state index in [1.807, 2.05) is 0 Å². The Bertz CT molecular complexity index is 2970. The van der Waals surface area contributed by atoms with E-state index in [9.17, 15) is 0 Å². The van der Waals surface area contributed by atoms with Crippen molar-refractivity contribution in [3.8, 4) is 22.3 Å². The van der Waals surface area contributed by atoms with Crippen LogP contribution in [0.1, 0.15) is 46.5 Å². The van der Waals surface area contributed by atoms with Gasteiger partial charge in [-0.05, 0) is 75.7 Å². The summed E-state index contributed by atoms with van der Waals surface area (Å²) in [5.41, 5.74) is 13.8. The van der Waals surface area contributed by atoms with Crippen LogP contribution in [0.25, 0.3) is 39.3 Å². The Morgan fingerprint density at radius 2 is 1.24 bits per heavy atom. The standard InChI is InChI=1S/C57H46N4O/c1-5-16-39(17-6-1)44-22-13-24-46(36-44)57-59-55(42-20-9-3-10-21-42)58-56(60-57)43-32-30-41(31-33-43)50-28-15-29-52-54(50)51-35-34-49(38-53(51)62-52)61(47-25-11-4-12-26-47)48-27-14-23-45(37-48)40-18-7-2-8-19-40/h1-21,23-37,44,49,55,57,59H,22,38H2,(H,58,60). The maximum Gasteiger partial charge on any atom is 0.135 e. The summed E-state index contributed by atoms with van der Waals surface area (Å²) < 4.78 is 6.75. The van der Waals surface area contributed by atoms with Gasteiger partial charge in [0.05, 0.1) is 6.04 Å². The van der Waals surface area contributed by atoms with Crippen molar-refractivity contribution >= 4 is 34.3 Å². The lowest BCUT2D eigenvalue weighted by atomic mass is 9.88. The van der Waals surface area contributed by atoms with E-state index in [2.05, 4.69) is 234 Å². The molecule has 2 aliphatic carbocycles. The summed E-state index contributed by atoms with van der Waals surface area (Å²) in [6.45, 7) is 0. The summed E-state index contributed by atoms with van der Waals surface area (Å²) in [4.78, 5) is 7.68. The van der Waals surface area contributed by atoms with E-state index in [1.54, 1.807) is 0 Å². The van der Waals surface area contributed by atoms with E-state index in [1.165, 1.54) is 22.3 Å². The minimum atomic E-state index is -0.198. The number of nitrogens with zero attached hydrogens (tertiary/aromatic N) is 2. The third-order valence-corrected chi connectivity index (χ3v) is 12.4. The van der Waals surface area contributed by atoms with E-state index in [-0.39, 0.29) is 18.4 Å². The number of allylic oxidation sites excluding steroid dienone is 2. The van der Waals surface area contributed by atoms with Crippen LogP contribution in [0.2, 0.25) is 0 Å². The maximum atomic E-state index is 6.75. The monoisotopic (exact) mass is 802 g/mol. The molecule has 0 saturated carbocycles. The van der Waals surface area contributed by atoms with Gasteiger partial charge >= 0.3 is 0 Å². The van der Waals surface area contributed by atoms with Gasteiger partial charge in [-0.2, -0.15) is 0 Å². The van der Waals surface area contributed by atoms with Gasteiger partial charge in [0, 0.05) is 40.2 Å². The number of benzene rings is 7. The molecule has 5 heteroatoms. The molecule has 0 spiro atoms. The predicted octanol–water partition coefficient (Wildman–Crippen LogP) is 13.2. The van der Waals surface area contributed by atoms with Crippen LogP contribution in [0.5, 0.6) is 0 Å². The summed E-state index contributed by atoms with van der Waals surface area (Å²) in [6, 6.07) is 66.7. The molecule has 1 aromatic heterocycles. The second-order valence-electron chi connectivity index (χ2n) is 16.3. The highest BCUT2D eigenvalue weighted by Gasteiger charge is 2.29.